The summed E-state index contributed by atoms with van der Waals surface area (Å²) in [5.74, 6) is 0.690. The molecule has 0 saturated carbocycles. The van der Waals surface area contributed by atoms with Crippen molar-refractivity contribution in [2.75, 3.05) is 6.54 Å². The Morgan fingerprint density at radius 1 is 1.35 bits per heavy atom. The van der Waals surface area contributed by atoms with Gasteiger partial charge < -0.3 is 15.2 Å². The molecule has 2 rings (SSSR count). The molecule has 6 nitrogen and oxygen atoms in total. The third kappa shape index (κ3) is 4.04. The number of halogens is 1. The van der Waals surface area contributed by atoms with Crippen LogP contribution in [0.25, 0.3) is 0 Å². The van der Waals surface area contributed by atoms with E-state index in [9.17, 15) is 9.18 Å². The largest absolute Gasteiger partial charge is 0.339 e. The van der Waals surface area contributed by atoms with E-state index in [1.165, 1.54) is 6.07 Å². The first-order chi connectivity index (χ1) is 9.65. The van der Waals surface area contributed by atoms with Crippen molar-refractivity contribution in [3.8, 4) is 0 Å². The van der Waals surface area contributed by atoms with Crippen molar-refractivity contribution in [2.24, 2.45) is 0 Å². The molecule has 0 spiro atoms. The van der Waals surface area contributed by atoms with Gasteiger partial charge in [-0.1, -0.05) is 23.4 Å². The van der Waals surface area contributed by atoms with Crippen LogP contribution in [0.5, 0.6) is 0 Å². The van der Waals surface area contributed by atoms with Crippen LogP contribution in [0.2, 0.25) is 0 Å². The van der Waals surface area contributed by atoms with Gasteiger partial charge in [0, 0.05) is 25.1 Å². The van der Waals surface area contributed by atoms with Gasteiger partial charge in [0.2, 0.25) is 5.89 Å². The number of hydrogen-bond acceptors (Lipinski definition) is 4. The lowest BCUT2D eigenvalue weighted by Gasteiger charge is -2.07. The number of carbonyl (C=O) groups excluding carboxylic acids is 1. The van der Waals surface area contributed by atoms with Crippen LogP contribution in [0.3, 0.4) is 0 Å². The summed E-state index contributed by atoms with van der Waals surface area (Å²) in [7, 11) is 0. The molecule has 0 saturated heterocycles. The standard InChI is InChI=1S/C13H15FN4O2/c1-9-17-12(20-18-9)6-7-15-13(19)16-8-10-4-2-3-5-11(10)14/h2-5H,6-8H2,1H3,(H2,15,16,19). The molecule has 20 heavy (non-hydrogen) atoms. The molecule has 1 aromatic heterocycles. The van der Waals surface area contributed by atoms with Gasteiger partial charge in [0.25, 0.3) is 0 Å². The van der Waals surface area contributed by atoms with Gasteiger partial charge in [0.05, 0.1) is 0 Å². The van der Waals surface area contributed by atoms with Gasteiger partial charge in [0.1, 0.15) is 5.82 Å². The van der Waals surface area contributed by atoms with E-state index in [1.807, 2.05) is 0 Å². The van der Waals surface area contributed by atoms with Crippen molar-refractivity contribution in [1.82, 2.24) is 20.8 Å². The van der Waals surface area contributed by atoms with Gasteiger partial charge >= 0.3 is 6.03 Å². The van der Waals surface area contributed by atoms with E-state index in [1.54, 1.807) is 25.1 Å². The number of rotatable bonds is 5. The molecule has 0 fully saturated rings. The molecule has 106 valence electrons. The van der Waals surface area contributed by atoms with Crippen molar-refractivity contribution < 1.29 is 13.7 Å². The number of benzene rings is 1. The quantitative estimate of drug-likeness (QED) is 0.869. The highest BCUT2D eigenvalue weighted by Gasteiger charge is 2.05. The predicted molar refractivity (Wildman–Crippen MR) is 69.4 cm³/mol. The lowest BCUT2D eigenvalue weighted by Crippen LogP contribution is -2.36. The zero-order chi connectivity index (χ0) is 14.4. The van der Waals surface area contributed by atoms with E-state index in [0.29, 0.717) is 30.2 Å². The van der Waals surface area contributed by atoms with E-state index < -0.39 is 0 Å². The van der Waals surface area contributed by atoms with E-state index in [0.717, 1.165) is 0 Å². The van der Waals surface area contributed by atoms with Gasteiger partial charge in [-0.3, -0.25) is 0 Å². The lowest BCUT2D eigenvalue weighted by atomic mass is 10.2. The van der Waals surface area contributed by atoms with Crippen LogP contribution in [-0.4, -0.2) is 22.7 Å². The molecule has 2 aromatic rings. The Morgan fingerprint density at radius 3 is 2.85 bits per heavy atom. The third-order valence-electron chi connectivity index (χ3n) is 2.59. The van der Waals surface area contributed by atoms with Crippen LogP contribution in [0.15, 0.2) is 28.8 Å². The molecular formula is C13H15FN4O2. The summed E-state index contributed by atoms with van der Waals surface area (Å²) in [6, 6.07) is 5.93. The molecule has 7 heteroatoms. The lowest BCUT2D eigenvalue weighted by molar-refractivity contribution is 0.240. The molecule has 1 aromatic carbocycles. The number of hydrogen-bond donors (Lipinski definition) is 2. The Kier molecular flexibility index (Phi) is 4.65. The molecule has 0 aliphatic carbocycles. The zero-order valence-electron chi connectivity index (χ0n) is 11.0. The molecule has 1 heterocycles. The van der Waals surface area contributed by atoms with E-state index >= 15 is 0 Å². The number of carbonyl (C=O) groups is 1. The summed E-state index contributed by atoms with van der Waals surface area (Å²) in [4.78, 5) is 15.5. The molecule has 2 amide bonds. The molecule has 0 bridgehead atoms. The predicted octanol–water partition coefficient (Wildman–Crippen LogP) is 1.56. The van der Waals surface area contributed by atoms with Crippen molar-refractivity contribution in [3.05, 3.63) is 47.4 Å². The third-order valence-corrected chi connectivity index (χ3v) is 2.59. The van der Waals surface area contributed by atoms with E-state index in [4.69, 9.17) is 4.52 Å². The van der Waals surface area contributed by atoms with Crippen molar-refractivity contribution in [2.45, 2.75) is 19.9 Å². The Balaban J connectivity index is 1.69. The van der Waals surface area contributed by atoms with Crippen molar-refractivity contribution in [1.29, 1.82) is 0 Å². The van der Waals surface area contributed by atoms with Crippen LogP contribution in [0.4, 0.5) is 9.18 Å². The maximum atomic E-state index is 13.3. The summed E-state index contributed by atoms with van der Waals surface area (Å²) >= 11 is 0. The molecule has 0 atom stereocenters. The second-order valence-electron chi connectivity index (χ2n) is 4.19. The maximum Gasteiger partial charge on any atom is 0.315 e. The fourth-order valence-electron chi connectivity index (χ4n) is 1.60. The van der Waals surface area contributed by atoms with Gasteiger partial charge in [-0.2, -0.15) is 4.98 Å². The number of aromatic nitrogens is 2. The highest BCUT2D eigenvalue weighted by molar-refractivity contribution is 5.73. The summed E-state index contributed by atoms with van der Waals surface area (Å²) in [5, 5.41) is 8.85. The summed E-state index contributed by atoms with van der Waals surface area (Å²) in [5.41, 5.74) is 0.440. The number of amides is 2. The van der Waals surface area contributed by atoms with E-state index in [2.05, 4.69) is 20.8 Å². The SMILES string of the molecule is Cc1noc(CCNC(=O)NCc2ccccc2F)n1. The average Bonchev–Trinajstić information content (AvgIpc) is 2.83. The Labute approximate surface area is 115 Å². The van der Waals surface area contributed by atoms with Crippen molar-refractivity contribution in [3.63, 3.8) is 0 Å². The van der Waals surface area contributed by atoms with Gasteiger partial charge in [-0.15, -0.1) is 0 Å². The molecule has 0 radical (unpaired) electrons. The van der Waals surface area contributed by atoms with Gasteiger partial charge in [-0.25, -0.2) is 9.18 Å². The van der Waals surface area contributed by atoms with Gasteiger partial charge in [-0.05, 0) is 13.0 Å². The zero-order valence-corrected chi connectivity index (χ0v) is 11.0. The second kappa shape index (κ2) is 6.65. The Bertz CT molecular complexity index is 585. The minimum Gasteiger partial charge on any atom is -0.339 e. The molecular weight excluding hydrogens is 263 g/mol. The average molecular weight is 278 g/mol. The number of urea groups is 1. The van der Waals surface area contributed by atoms with Crippen LogP contribution < -0.4 is 10.6 Å². The Morgan fingerprint density at radius 2 is 2.15 bits per heavy atom. The van der Waals surface area contributed by atoms with Crippen LogP contribution >= 0.6 is 0 Å². The number of nitrogens with one attached hydrogen (secondary N) is 2. The second-order valence-corrected chi connectivity index (χ2v) is 4.19. The molecule has 0 aliphatic heterocycles. The highest BCUT2D eigenvalue weighted by atomic mass is 19.1. The first-order valence-corrected chi connectivity index (χ1v) is 6.19. The summed E-state index contributed by atoms with van der Waals surface area (Å²) in [6.45, 7) is 2.23. The number of aryl methyl sites for hydroxylation is 1. The van der Waals surface area contributed by atoms with Crippen molar-refractivity contribution >= 4 is 6.03 Å². The molecule has 2 N–H and O–H groups in total. The minimum atomic E-state index is -0.371. The topological polar surface area (TPSA) is 80.0 Å². The van der Waals surface area contributed by atoms with E-state index in [-0.39, 0.29) is 18.4 Å². The Hall–Kier alpha value is -2.44. The fourth-order valence-corrected chi connectivity index (χ4v) is 1.60. The first-order valence-electron chi connectivity index (χ1n) is 6.19. The van der Waals surface area contributed by atoms with Crippen LogP contribution in [0, 0.1) is 12.7 Å². The normalized spacial score (nSPS) is 10.3. The maximum absolute atomic E-state index is 13.3. The highest BCUT2D eigenvalue weighted by Crippen LogP contribution is 2.05. The number of nitrogens with zero attached hydrogens (tertiary/aromatic N) is 2. The monoisotopic (exact) mass is 278 g/mol. The summed E-state index contributed by atoms with van der Waals surface area (Å²) in [6.07, 6.45) is 0.452. The molecule has 0 aliphatic rings. The first kappa shape index (κ1) is 14.0. The fraction of sp³-hybridized carbons (Fsp3) is 0.308. The van der Waals surface area contributed by atoms with Crippen LogP contribution in [-0.2, 0) is 13.0 Å². The molecule has 0 unspecified atom stereocenters. The minimum absolute atomic E-state index is 0.137. The smallest absolute Gasteiger partial charge is 0.315 e. The van der Waals surface area contributed by atoms with Gasteiger partial charge in [0.15, 0.2) is 5.82 Å². The summed E-state index contributed by atoms with van der Waals surface area (Å²) < 4.78 is 18.2. The van der Waals surface area contributed by atoms with Crippen LogP contribution in [0.1, 0.15) is 17.3 Å².